The van der Waals surface area contributed by atoms with Gasteiger partial charge in [0.1, 0.15) is 24.7 Å². The van der Waals surface area contributed by atoms with Crippen molar-refractivity contribution in [1.29, 1.82) is 0 Å². The number of carbonyl (C=O) groups excluding carboxylic acids is 1. The van der Waals surface area contributed by atoms with E-state index >= 15 is 0 Å². The summed E-state index contributed by atoms with van der Waals surface area (Å²) in [5.74, 6) is 1.08. The minimum absolute atomic E-state index is 0.0251. The smallest absolute Gasteiger partial charge is 0.310 e. The lowest BCUT2D eigenvalue weighted by Crippen LogP contribution is -2.16. The normalized spacial score (nSPS) is 19.6. The zero-order chi connectivity index (χ0) is 21.6. The molecule has 6 nitrogen and oxygen atoms in total. The molecule has 2 unspecified atom stereocenters. The molecular formula is C24H30N2O4. The summed E-state index contributed by atoms with van der Waals surface area (Å²) in [6.45, 7) is 5.62. The van der Waals surface area contributed by atoms with E-state index in [0.717, 1.165) is 17.9 Å². The van der Waals surface area contributed by atoms with Gasteiger partial charge in [0.15, 0.2) is 0 Å². The standard InChI is InChI=1S/C24H30N2O4/c1-24(2)21(16-25-29-14-13-26(3)4)22(24)23(27)28-17-18-9-8-12-20(15-18)30-19-10-6-5-7-11-19/h5-12,15-16,21-22H,13-14,17H2,1-4H3. The van der Waals surface area contributed by atoms with Gasteiger partial charge in [0, 0.05) is 18.7 Å². The van der Waals surface area contributed by atoms with E-state index in [-0.39, 0.29) is 29.8 Å². The van der Waals surface area contributed by atoms with E-state index in [0.29, 0.717) is 12.4 Å². The Labute approximate surface area is 178 Å². The zero-order valence-electron chi connectivity index (χ0n) is 18.1. The van der Waals surface area contributed by atoms with Crippen molar-refractivity contribution in [2.45, 2.75) is 20.5 Å². The Morgan fingerprint density at radius 1 is 1.10 bits per heavy atom. The van der Waals surface area contributed by atoms with E-state index < -0.39 is 0 Å². The van der Waals surface area contributed by atoms with E-state index in [9.17, 15) is 4.79 Å². The predicted octanol–water partition coefficient (Wildman–Crippen LogP) is 4.36. The predicted molar refractivity (Wildman–Crippen MR) is 117 cm³/mol. The van der Waals surface area contributed by atoms with Crippen molar-refractivity contribution in [3.63, 3.8) is 0 Å². The number of nitrogens with zero attached hydrogens (tertiary/aromatic N) is 2. The maximum absolute atomic E-state index is 12.6. The molecule has 1 fully saturated rings. The van der Waals surface area contributed by atoms with Crippen molar-refractivity contribution in [1.82, 2.24) is 4.90 Å². The first-order chi connectivity index (χ1) is 14.4. The number of rotatable bonds is 10. The Hall–Kier alpha value is -2.86. The van der Waals surface area contributed by atoms with Crippen molar-refractivity contribution < 1.29 is 19.1 Å². The zero-order valence-corrected chi connectivity index (χ0v) is 18.1. The number of likely N-dealkylation sites (N-methyl/N-ethyl adjacent to an activating group) is 1. The fourth-order valence-corrected chi connectivity index (χ4v) is 3.36. The lowest BCUT2D eigenvalue weighted by molar-refractivity contribution is -0.147. The van der Waals surface area contributed by atoms with Gasteiger partial charge in [-0.3, -0.25) is 4.79 Å². The minimum atomic E-state index is -0.209. The molecule has 2 atom stereocenters. The van der Waals surface area contributed by atoms with Gasteiger partial charge in [0.2, 0.25) is 0 Å². The summed E-state index contributed by atoms with van der Waals surface area (Å²) in [7, 11) is 3.96. The molecule has 0 heterocycles. The van der Waals surface area contributed by atoms with Gasteiger partial charge >= 0.3 is 5.97 Å². The van der Waals surface area contributed by atoms with Crippen LogP contribution < -0.4 is 4.74 Å². The molecule has 6 heteroatoms. The van der Waals surface area contributed by atoms with Crippen LogP contribution in [0.1, 0.15) is 19.4 Å². The third-order valence-electron chi connectivity index (χ3n) is 5.35. The van der Waals surface area contributed by atoms with Crippen LogP contribution in [0.15, 0.2) is 59.8 Å². The van der Waals surface area contributed by atoms with Gasteiger partial charge in [-0.2, -0.15) is 0 Å². The van der Waals surface area contributed by atoms with E-state index in [2.05, 4.69) is 5.16 Å². The van der Waals surface area contributed by atoms with E-state index in [4.69, 9.17) is 14.3 Å². The van der Waals surface area contributed by atoms with E-state index in [1.807, 2.05) is 87.4 Å². The number of para-hydroxylation sites is 1. The van der Waals surface area contributed by atoms with Gasteiger partial charge in [-0.25, -0.2) is 0 Å². The number of benzene rings is 2. The topological polar surface area (TPSA) is 60.4 Å². The molecule has 0 N–H and O–H groups in total. The second-order valence-corrected chi connectivity index (χ2v) is 8.39. The summed E-state index contributed by atoms with van der Waals surface area (Å²) in [6, 6.07) is 17.2. The van der Waals surface area contributed by atoms with Crippen LogP contribution in [0, 0.1) is 17.3 Å². The Bertz CT molecular complexity index is 865. The second-order valence-electron chi connectivity index (χ2n) is 8.39. The quantitative estimate of drug-likeness (QED) is 0.252. The summed E-state index contributed by atoms with van der Waals surface area (Å²) in [5.41, 5.74) is 0.705. The molecule has 0 spiro atoms. The van der Waals surface area contributed by atoms with Crippen molar-refractivity contribution in [2.24, 2.45) is 22.4 Å². The van der Waals surface area contributed by atoms with Crippen molar-refractivity contribution >= 4 is 12.2 Å². The van der Waals surface area contributed by atoms with Crippen LogP contribution in [0.5, 0.6) is 11.5 Å². The third-order valence-corrected chi connectivity index (χ3v) is 5.35. The highest BCUT2D eigenvalue weighted by Gasteiger charge is 2.62. The summed E-state index contributed by atoms with van der Waals surface area (Å²) in [5, 5.41) is 4.03. The number of carbonyl (C=O) groups is 1. The van der Waals surface area contributed by atoms with Crippen molar-refractivity contribution in [3.8, 4) is 11.5 Å². The average molecular weight is 411 g/mol. The number of esters is 1. The fourth-order valence-electron chi connectivity index (χ4n) is 3.36. The molecule has 1 aliphatic rings. The lowest BCUT2D eigenvalue weighted by atomic mass is 10.1. The molecular weight excluding hydrogens is 380 g/mol. The SMILES string of the molecule is CN(C)CCON=CC1C(C(=O)OCc2cccc(Oc3ccccc3)c2)C1(C)C. The van der Waals surface area contributed by atoms with Crippen LogP contribution in [0.4, 0.5) is 0 Å². The molecule has 30 heavy (non-hydrogen) atoms. The van der Waals surface area contributed by atoms with Crippen LogP contribution in [0.25, 0.3) is 0 Å². The Morgan fingerprint density at radius 3 is 2.57 bits per heavy atom. The first kappa shape index (κ1) is 21.8. The number of ether oxygens (including phenoxy) is 2. The van der Waals surface area contributed by atoms with Crippen LogP contribution in [0.2, 0.25) is 0 Å². The lowest BCUT2D eigenvalue weighted by Gasteiger charge is -2.09. The highest BCUT2D eigenvalue weighted by atomic mass is 16.6. The van der Waals surface area contributed by atoms with Gasteiger partial charge in [-0.05, 0) is 49.3 Å². The molecule has 3 rings (SSSR count). The summed E-state index contributed by atoms with van der Waals surface area (Å²) >= 11 is 0. The summed E-state index contributed by atoms with van der Waals surface area (Å²) < 4.78 is 11.4. The fraction of sp³-hybridized carbons (Fsp3) is 0.417. The third kappa shape index (κ3) is 5.83. The second kappa shape index (κ2) is 9.76. The molecule has 0 amide bonds. The van der Waals surface area contributed by atoms with Gasteiger partial charge in [-0.1, -0.05) is 49.3 Å². The monoisotopic (exact) mass is 410 g/mol. The van der Waals surface area contributed by atoms with Crippen LogP contribution >= 0.6 is 0 Å². The maximum Gasteiger partial charge on any atom is 0.310 e. The number of hydrogen-bond donors (Lipinski definition) is 0. The van der Waals surface area contributed by atoms with Gasteiger partial charge < -0.3 is 19.2 Å². The van der Waals surface area contributed by atoms with Crippen molar-refractivity contribution in [3.05, 3.63) is 60.2 Å². The minimum Gasteiger partial charge on any atom is -0.461 e. The summed E-state index contributed by atoms with van der Waals surface area (Å²) in [4.78, 5) is 19.9. The van der Waals surface area contributed by atoms with Crippen molar-refractivity contribution in [2.75, 3.05) is 27.2 Å². The molecule has 0 aromatic heterocycles. The summed E-state index contributed by atoms with van der Waals surface area (Å²) in [6.07, 6.45) is 1.73. The van der Waals surface area contributed by atoms with Crippen LogP contribution in [0.3, 0.4) is 0 Å². The first-order valence-corrected chi connectivity index (χ1v) is 10.2. The Kier molecular flexibility index (Phi) is 7.11. The first-order valence-electron chi connectivity index (χ1n) is 10.2. The highest BCUT2D eigenvalue weighted by molar-refractivity contribution is 5.85. The Balaban J connectivity index is 1.49. The van der Waals surface area contributed by atoms with E-state index in [1.165, 1.54) is 0 Å². The molecule has 1 aliphatic carbocycles. The number of hydrogen-bond acceptors (Lipinski definition) is 6. The highest BCUT2D eigenvalue weighted by Crippen LogP contribution is 2.57. The molecule has 0 radical (unpaired) electrons. The average Bonchev–Trinajstić information content (AvgIpc) is 3.27. The maximum atomic E-state index is 12.6. The van der Waals surface area contributed by atoms with Crippen LogP contribution in [-0.2, 0) is 21.0 Å². The molecule has 0 saturated heterocycles. The van der Waals surface area contributed by atoms with Crippen LogP contribution in [-0.4, -0.2) is 44.3 Å². The van der Waals surface area contributed by atoms with E-state index in [1.54, 1.807) is 6.21 Å². The molecule has 160 valence electrons. The molecule has 0 aliphatic heterocycles. The van der Waals surface area contributed by atoms with Gasteiger partial charge in [0.05, 0.1) is 5.92 Å². The molecule has 1 saturated carbocycles. The molecule has 2 aromatic rings. The number of oxime groups is 1. The van der Waals surface area contributed by atoms with Gasteiger partial charge in [-0.15, -0.1) is 0 Å². The largest absolute Gasteiger partial charge is 0.461 e. The molecule has 0 bridgehead atoms. The Morgan fingerprint density at radius 2 is 1.83 bits per heavy atom. The molecule has 2 aromatic carbocycles. The van der Waals surface area contributed by atoms with Gasteiger partial charge in [0.25, 0.3) is 0 Å².